The lowest BCUT2D eigenvalue weighted by atomic mass is 10.2. The van der Waals surface area contributed by atoms with Crippen LogP contribution >= 0.6 is 23.2 Å². The van der Waals surface area contributed by atoms with Crippen LogP contribution in [0.2, 0.25) is 10.0 Å². The van der Waals surface area contributed by atoms with Crippen molar-refractivity contribution in [2.45, 2.75) is 0 Å². The smallest absolute Gasteiger partial charge is 0.335 e. The molecule has 0 aliphatic heterocycles. The van der Waals surface area contributed by atoms with E-state index in [1.807, 2.05) is 0 Å². The highest BCUT2D eigenvalue weighted by Gasteiger charge is 2.08. The van der Waals surface area contributed by atoms with Crippen LogP contribution in [0.1, 0.15) is 15.9 Å². The number of carbonyl (C=O) groups excluding carboxylic acids is 1. The Balaban J connectivity index is 2.12. The largest absolute Gasteiger partial charge is 0.478 e. The molecular weight excluding hydrogens is 325 g/mol. The second-order valence-electron chi connectivity index (χ2n) is 4.38. The molecule has 0 atom stereocenters. The number of carboxylic acids is 1. The lowest BCUT2D eigenvalue weighted by Gasteiger charge is -2.06. The van der Waals surface area contributed by atoms with E-state index >= 15 is 0 Å². The Kier molecular flexibility index (Phi) is 5.20. The lowest BCUT2D eigenvalue weighted by Crippen LogP contribution is -2.09. The summed E-state index contributed by atoms with van der Waals surface area (Å²) in [5.74, 6) is -1.52. The predicted molar refractivity (Wildman–Crippen MR) is 87.5 cm³/mol. The molecule has 0 aliphatic carbocycles. The fourth-order valence-electron chi connectivity index (χ4n) is 1.71. The number of nitrogens with one attached hydrogen (secondary N) is 1. The highest BCUT2D eigenvalue weighted by molar-refractivity contribution is 6.34. The predicted octanol–water partition coefficient (Wildman–Crippen LogP) is 4.34. The van der Waals surface area contributed by atoms with Crippen LogP contribution in [-0.4, -0.2) is 17.0 Å². The minimum absolute atomic E-state index is 0.0403. The van der Waals surface area contributed by atoms with Crippen LogP contribution in [0.3, 0.4) is 0 Å². The van der Waals surface area contributed by atoms with Gasteiger partial charge in [0.2, 0.25) is 5.91 Å². The summed E-state index contributed by atoms with van der Waals surface area (Å²) in [6, 6.07) is 11.1. The van der Waals surface area contributed by atoms with Crippen LogP contribution in [0, 0.1) is 0 Å². The molecule has 0 bridgehead atoms. The zero-order valence-corrected chi connectivity index (χ0v) is 12.7. The number of halogens is 2. The lowest BCUT2D eigenvalue weighted by molar-refractivity contribution is -0.111. The number of benzene rings is 2. The molecule has 4 nitrogen and oxygen atoms in total. The van der Waals surface area contributed by atoms with Crippen molar-refractivity contribution in [3.8, 4) is 0 Å². The Hall–Kier alpha value is -2.30. The molecule has 6 heteroatoms. The van der Waals surface area contributed by atoms with E-state index in [2.05, 4.69) is 5.32 Å². The number of carboxylic acid groups (broad SMARTS) is 1. The van der Waals surface area contributed by atoms with Gasteiger partial charge < -0.3 is 10.4 Å². The first kappa shape index (κ1) is 16.1. The summed E-state index contributed by atoms with van der Waals surface area (Å²) in [5, 5.41) is 12.3. The maximum atomic E-state index is 11.9. The fraction of sp³-hybridized carbons (Fsp3) is 0. The SMILES string of the molecule is O=C(C=Cc1cccc(Cl)c1)Nc1cc(C(=O)O)ccc1Cl. The van der Waals surface area contributed by atoms with E-state index in [1.54, 1.807) is 30.3 Å². The highest BCUT2D eigenvalue weighted by atomic mass is 35.5. The average molecular weight is 336 g/mol. The van der Waals surface area contributed by atoms with Gasteiger partial charge in [0.1, 0.15) is 0 Å². The van der Waals surface area contributed by atoms with Crippen LogP contribution in [0.5, 0.6) is 0 Å². The van der Waals surface area contributed by atoms with Crippen molar-refractivity contribution < 1.29 is 14.7 Å². The number of rotatable bonds is 4. The zero-order valence-electron chi connectivity index (χ0n) is 11.2. The van der Waals surface area contributed by atoms with Crippen molar-refractivity contribution in [1.82, 2.24) is 0 Å². The summed E-state index contributed by atoms with van der Waals surface area (Å²) in [4.78, 5) is 22.8. The molecule has 0 radical (unpaired) electrons. The maximum absolute atomic E-state index is 11.9. The molecule has 112 valence electrons. The number of carbonyl (C=O) groups is 2. The van der Waals surface area contributed by atoms with Crippen molar-refractivity contribution in [1.29, 1.82) is 0 Å². The Morgan fingerprint density at radius 3 is 2.55 bits per heavy atom. The van der Waals surface area contributed by atoms with E-state index in [-0.39, 0.29) is 16.3 Å². The van der Waals surface area contributed by atoms with Crippen LogP contribution in [0.25, 0.3) is 6.08 Å². The molecule has 0 saturated heterocycles. The minimum atomic E-state index is -1.10. The molecule has 0 fully saturated rings. The van der Waals surface area contributed by atoms with Gasteiger partial charge in [-0.25, -0.2) is 4.79 Å². The first-order valence-corrected chi connectivity index (χ1v) is 6.99. The summed E-state index contributed by atoms with van der Waals surface area (Å²) in [5.41, 5.74) is 1.05. The molecule has 0 unspecified atom stereocenters. The molecular formula is C16H11Cl2NO3. The number of aromatic carboxylic acids is 1. The van der Waals surface area contributed by atoms with Gasteiger partial charge in [0.25, 0.3) is 0 Å². The van der Waals surface area contributed by atoms with Crippen LogP contribution < -0.4 is 5.32 Å². The molecule has 2 rings (SSSR count). The van der Waals surface area contributed by atoms with E-state index in [0.29, 0.717) is 5.02 Å². The summed E-state index contributed by atoms with van der Waals surface area (Å²) >= 11 is 11.8. The second kappa shape index (κ2) is 7.11. The minimum Gasteiger partial charge on any atom is -0.478 e. The van der Waals surface area contributed by atoms with Crippen molar-refractivity contribution >= 4 is 46.8 Å². The molecule has 0 aromatic heterocycles. The van der Waals surface area contributed by atoms with Gasteiger partial charge in [-0.1, -0.05) is 35.3 Å². The van der Waals surface area contributed by atoms with Gasteiger partial charge in [0.15, 0.2) is 0 Å². The number of anilines is 1. The van der Waals surface area contributed by atoms with Gasteiger partial charge in [0, 0.05) is 11.1 Å². The topological polar surface area (TPSA) is 66.4 Å². The first-order chi connectivity index (χ1) is 10.5. The monoisotopic (exact) mass is 335 g/mol. The summed E-state index contributed by atoms with van der Waals surface area (Å²) in [7, 11) is 0. The highest BCUT2D eigenvalue weighted by Crippen LogP contribution is 2.23. The number of amides is 1. The van der Waals surface area contributed by atoms with E-state index in [1.165, 1.54) is 24.3 Å². The van der Waals surface area contributed by atoms with Crippen molar-refractivity contribution in [2.24, 2.45) is 0 Å². The fourth-order valence-corrected chi connectivity index (χ4v) is 2.07. The molecule has 2 aromatic carbocycles. The van der Waals surface area contributed by atoms with Crippen LogP contribution in [0.4, 0.5) is 5.69 Å². The molecule has 1 amide bonds. The molecule has 2 N–H and O–H groups in total. The molecule has 0 aliphatic rings. The third kappa shape index (κ3) is 4.35. The van der Waals surface area contributed by atoms with Gasteiger partial charge in [-0.05, 0) is 42.0 Å². The molecule has 22 heavy (non-hydrogen) atoms. The second-order valence-corrected chi connectivity index (χ2v) is 5.22. The Labute approximate surface area is 137 Å². The van der Waals surface area contributed by atoms with Crippen molar-refractivity contribution in [3.63, 3.8) is 0 Å². The molecule has 0 heterocycles. The molecule has 2 aromatic rings. The maximum Gasteiger partial charge on any atom is 0.335 e. The quantitative estimate of drug-likeness (QED) is 0.816. The van der Waals surface area contributed by atoms with Crippen molar-refractivity contribution in [2.75, 3.05) is 5.32 Å². The van der Waals surface area contributed by atoms with E-state index in [4.69, 9.17) is 28.3 Å². The Bertz CT molecular complexity index is 757. The van der Waals surface area contributed by atoms with Crippen LogP contribution in [-0.2, 0) is 4.79 Å². The van der Waals surface area contributed by atoms with Gasteiger partial charge >= 0.3 is 5.97 Å². The number of hydrogen-bond donors (Lipinski definition) is 2. The van der Waals surface area contributed by atoms with Gasteiger partial charge in [-0.2, -0.15) is 0 Å². The third-order valence-corrected chi connectivity index (χ3v) is 3.31. The van der Waals surface area contributed by atoms with E-state index in [9.17, 15) is 9.59 Å². The molecule has 0 spiro atoms. The summed E-state index contributed by atoms with van der Waals surface area (Å²) in [6.45, 7) is 0. The standard InChI is InChI=1S/C16H11Cl2NO3/c17-12-3-1-2-10(8-12)4-7-15(20)19-14-9-11(16(21)22)5-6-13(14)18/h1-9H,(H,19,20)(H,21,22). The Morgan fingerprint density at radius 2 is 1.86 bits per heavy atom. The Morgan fingerprint density at radius 1 is 1.09 bits per heavy atom. The van der Waals surface area contributed by atoms with Gasteiger partial charge in [0.05, 0.1) is 16.3 Å². The summed E-state index contributed by atoms with van der Waals surface area (Å²) in [6.07, 6.45) is 2.91. The van der Waals surface area contributed by atoms with E-state index < -0.39 is 11.9 Å². The molecule has 0 saturated carbocycles. The van der Waals surface area contributed by atoms with Crippen molar-refractivity contribution in [3.05, 3.63) is 69.7 Å². The first-order valence-electron chi connectivity index (χ1n) is 6.23. The van der Waals surface area contributed by atoms with Gasteiger partial charge in [-0.15, -0.1) is 0 Å². The van der Waals surface area contributed by atoms with Gasteiger partial charge in [-0.3, -0.25) is 4.79 Å². The normalized spacial score (nSPS) is 10.6. The third-order valence-electron chi connectivity index (χ3n) is 2.75. The average Bonchev–Trinajstić information content (AvgIpc) is 2.47. The zero-order chi connectivity index (χ0) is 16.1. The number of hydrogen-bond acceptors (Lipinski definition) is 2. The van der Waals surface area contributed by atoms with E-state index in [0.717, 1.165) is 5.56 Å². The summed E-state index contributed by atoms with van der Waals surface area (Å²) < 4.78 is 0. The van der Waals surface area contributed by atoms with Crippen LogP contribution in [0.15, 0.2) is 48.5 Å².